The minimum absolute atomic E-state index is 0.0395. The number of benzene rings is 2. The summed E-state index contributed by atoms with van der Waals surface area (Å²) in [5.74, 6) is 0.365. The third-order valence-electron chi connectivity index (χ3n) is 7.20. The van der Waals surface area contributed by atoms with Crippen molar-refractivity contribution < 1.29 is 18.7 Å². The molecule has 1 aliphatic carbocycles. The van der Waals surface area contributed by atoms with Crippen molar-refractivity contribution in [2.24, 2.45) is 0 Å². The molecule has 0 atom stereocenters. The van der Waals surface area contributed by atoms with Crippen molar-refractivity contribution in [2.75, 3.05) is 35.3 Å². The fraction of sp³-hybridized carbons (Fsp3) is 0.321. The Hall–Kier alpha value is -3.98. The Labute approximate surface area is 214 Å². The molecule has 1 saturated carbocycles. The van der Waals surface area contributed by atoms with Crippen molar-refractivity contribution in [3.05, 3.63) is 72.7 Å². The van der Waals surface area contributed by atoms with Crippen LogP contribution in [0.4, 0.5) is 33.2 Å². The number of aromatic nitrogens is 2. The largest absolute Gasteiger partial charge is 0.490 e. The van der Waals surface area contributed by atoms with Gasteiger partial charge in [-0.2, -0.15) is 4.98 Å². The van der Waals surface area contributed by atoms with Crippen molar-refractivity contribution in [3.8, 4) is 5.75 Å². The molecular weight excluding hydrogens is 473 g/mol. The Balaban J connectivity index is 1.16. The molecule has 1 aromatic heterocycles. The van der Waals surface area contributed by atoms with Crippen LogP contribution in [0.1, 0.15) is 31.2 Å². The number of hydrogen-bond acceptors (Lipinski definition) is 7. The van der Waals surface area contributed by atoms with Crippen LogP contribution >= 0.6 is 0 Å². The van der Waals surface area contributed by atoms with Crippen molar-refractivity contribution >= 4 is 34.7 Å². The number of nitrogens with one attached hydrogen (secondary N) is 2. The van der Waals surface area contributed by atoms with Gasteiger partial charge in [-0.25, -0.2) is 9.37 Å². The number of ether oxygens (including phenoxy) is 2. The summed E-state index contributed by atoms with van der Waals surface area (Å²) < 4.78 is 26.0. The molecule has 1 spiro atoms. The molecule has 190 valence electrons. The lowest BCUT2D eigenvalue weighted by molar-refractivity contribution is -0.114. The molecule has 2 aromatic carbocycles. The van der Waals surface area contributed by atoms with Gasteiger partial charge in [-0.15, -0.1) is 0 Å². The maximum atomic E-state index is 14.6. The van der Waals surface area contributed by atoms with Crippen LogP contribution in [0.3, 0.4) is 0 Å². The number of anilines is 5. The summed E-state index contributed by atoms with van der Waals surface area (Å²) >= 11 is 0. The van der Waals surface area contributed by atoms with Gasteiger partial charge in [-0.05, 0) is 60.9 Å². The van der Waals surface area contributed by atoms with E-state index < -0.39 is 5.82 Å². The lowest BCUT2D eigenvalue weighted by Crippen LogP contribution is -2.29. The Morgan fingerprint density at radius 1 is 1.14 bits per heavy atom. The standard InChI is InChI=1S/C28H28FN5O3/c1-2-25(35)34-17-28(11-12-28)22-8-5-19(15-24(22)34)31-26-23(29)16-30-27(33-26)32-18-3-6-20(7-4-18)37-21-9-13-36-14-10-21/h2-8,15-16,21H,1,9-14,17H2,(H2,30,31,32,33). The Morgan fingerprint density at radius 3 is 2.62 bits per heavy atom. The van der Waals surface area contributed by atoms with Crippen molar-refractivity contribution in [2.45, 2.75) is 37.2 Å². The molecule has 2 aliphatic heterocycles. The highest BCUT2D eigenvalue weighted by atomic mass is 19.1. The van der Waals surface area contributed by atoms with E-state index in [9.17, 15) is 9.18 Å². The topological polar surface area (TPSA) is 88.6 Å². The van der Waals surface area contributed by atoms with E-state index in [-0.39, 0.29) is 29.2 Å². The van der Waals surface area contributed by atoms with Gasteiger partial charge < -0.3 is 25.0 Å². The lowest BCUT2D eigenvalue weighted by atomic mass is 9.98. The Kier molecular flexibility index (Phi) is 6.00. The van der Waals surface area contributed by atoms with Gasteiger partial charge in [0.25, 0.3) is 0 Å². The molecular formula is C28H28FN5O3. The Bertz CT molecular complexity index is 1340. The van der Waals surface area contributed by atoms with Crippen molar-refractivity contribution in [3.63, 3.8) is 0 Å². The highest BCUT2D eigenvalue weighted by molar-refractivity contribution is 6.03. The monoisotopic (exact) mass is 501 g/mol. The molecule has 1 saturated heterocycles. The smallest absolute Gasteiger partial charge is 0.250 e. The van der Waals surface area contributed by atoms with E-state index in [2.05, 4.69) is 27.2 Å². The number of nitrogens with zero attached hydrogens (tertiary/aromatic N) is 3. The third kappa shape index (κ3) is 4.74. The van der Waals surface area contributed by atoms with Gasteiger partial charge >= 0.3 is 0 Å². The normalized spacial score (nSPS) is 17.8. The predicted molar refractivity (Wildman–Crippen MR) is 139 cm³/mol. The predicted octanol–water partition coefficient (Wildman–Crippen LogP) is 5.22. The van der Waals surface area contributed by atoms with Crippen LogP contribution in [0.5, 0.6) is 5.75 Å². The number of rotatable bonds is 7. The second-order valence-electron chi connectivity index (χ2n) is 9.73. The number of carbonyl (C=O) groups excluding carboxylic acids is 1. The number of halogens is 1. The van der Waals surface area contributed by atoms with Gasteiger partial charge in [-0.3, -0.25) is 4.79 Å². The van der Waals surface area contributed by atoms with Gasteiger partial charge in [0.2, 0.25) is 11.9 Å². The zero-order valence-corrected chi connectivity index (χ0v) is 20.4. The van der Waals surface area contributed by atoms with Gasteiger partial charge in [0.15, 0.2) is 11.6 Å². The highest BCUT2D eigenvalue weighted by Gasteiger charge is 2.52. The second-order valence-corrected chi connectivity index (χ2v) is 9.73. The number of amides is 1. The number of hydrogen-bond donors (Lipinski definition) is 2. The summed E-state index contributed by atoms with van der Waals surface area (Å²) in [6.45, 7) is 5.73. The van der Waals surface area contributed by atoms with Crippen LogP contribution in [-0.2, 0) is 14.9 Å². The minimum Gasteiger partial charge on any atom is -0.490 e. The maximum absolute atomic E-state index is 14.6. The van der Waals surface area contributed by atoms with Gasteiger partial charge in [-0.1, -0.05) is 12.6 Å². The summed E-state index contributed by atoms with van der Waals surface area (Å²) in [6, 6.07) is 13.3. The fourth-order valence-corrected chi connectivity index (χ4v) is 5.02. The first-order valence-electron chi connectivity index (χ1n) is 12.5. The minimum atomic E-state index is -0.580. The van der Waals surface area contributed by atoms with Crippen LogP contribution in [0, 0.1) is 5.82 Å². The number of carbonyl (C=O) groups is 1. The van der Waals surface area contributed by atoms with Crippen LogP contribution in [0.25, 0.3) is 0 Å². The van der Waals surface area contributed by atoms with E-state index in [0.717, 1.165) is 67.8 Å². The van der Waals surface area contributed by atoms with E-state index in [0.29, 0.717) is 12.2 Å². The summed E-state index contributed by atoms with van der Waals surface area (Å²) in [5, 5.41) is 6.16. The second kappa shape index (κ2) is 9.48. The van der Waals surface area contributed by atoms with Crippen LogP contribution < -0.4 is 20.3 Å². The van der Waals surface area contributed by atoms with Crippen LogP contribution in [-0.4, -0.2) is 41.7 Å². The fourth-order valence-electron chi connectivity index (χ4n) is 5.02. The van der Waals surface area contributed by atoms with Crippen molar-refractivity contribution in [1.82, 2.24) is 9.97 Å². The van der Waals surface area contributed by atoms with E-state index >= 15 is 0 Å². The van der Waals surface area contributed by atoms with Gasteiger partial charge in [0, 0.05) is 41.9 Å². The van der Waals surface area contributed by atoms with Crippen LogP contribution in [0.2, 0.25) is 0 Å². The molecule has 3 aromatic rings. The molecule has 9 heteroatoms. The molecule has 1 amide bonds. The molecule has 0 unspecified atom stereocenters. The summed E-state index contributed by atoms with van der Waals surface area (Å²) in [7, 11) is 0. The van der Waals surface area contributed by atoms with Gasteiger partial charge in [0.1, 0.15) is 11.9 Å². The first-order chi connectivity index (χ1) is 18.0. The molecule has 3 heterocycles. The van der Waals surface area contributed by atoms with Crippen molar-refractivity contribution in [1.29, 1.82) is 0 Å². The summed E-state index contributed by atoms with van der Waals surface area (Å²) in [6.07, 6.45) is 6.51. The van der Waals surface area contributed by atoms with Gasteiger partial charge in [0.05, 0.1) is 19.4 Å². The molecule has 8 nitrogen and oxygen atoms in total. The maximum Gasteiger partial charge on any atom is 0.250 e. The van der Waals surface area contributed by atoms with E-state index in [1.165, 1.54) is 6.08 Å². The molecule has 37 heavy (non-hydrogen) atoms. The zero-order valence-electron chi connectivity index (χ0n) is 20.4. The molecule has 0 bridgehead atoms. The van der Waals surface area contributed by atoms with E-state index in [1.54, 1.807) is 4.90 Å². The third-order valence-corrected chi connectivity index (χ3v) is 7.20. The first kappa shape index (κ1) is 23.4. The van der Waals surface area contributed by atoms with E-state index in [4.69, 9.17) is 9.47 Å². The summed E-state index contributed by atoms with van der Waals surface area (Å²) in [5.41, 5.74) is 3.43. The Morgan fingerprint density at radius 2 is 1.89 bits per heavy atom. The first-order valence-corrected chi connectivity index (χ1v) is 12.5. The quantitative estimate of drug-likeness (QED) is 0.429. The lowest BCUT2D eigenvalue weighted by Gasteiger charge is -2.23. The molecule has 2 fully saturated rings. The molecule has 0 radical (unpaired) electrons. The van der Waals surface area contributed by atoms with E-state index in [1.807, 2.05) is 42.5 Å². The average molecular weight is 502 g/mol. The molecule has 6 rings (SSSR count). The molecule has 2 N–H and O–H groups in total. The SMILES string of the molecule is C=CC(=O)N1CC2(CC2)c2ccc(Nc3nc(Nc4ccc(OC5CCOCC5)cc4)ncc3F)cc21. The average Bonchev–Trinajstić information content (AvgIpc) is 3.63. The highest BCUT2D eigenvalue weighted by Crippen LogP contribution is 2.57. The number of fused-ring (bicyclic) bond motifs is 2. The summed E-state index contributed by atoms with van der Waals surface area (Å²) in [4.78, 5) is 22.6. The van der Waals surface area contributed by atoms with Crippen LogP contribution in [0.15, 0.2) is 61.3 Å². The zero-order chi connectivity index (χ0) is 25.4. The molecule has 3 aliphatic rings.